The van der Waals surface area contributed by atoms with Gasteiger partial charge in [0.2, 0.25) is 11.8 Å². The number of carbonyl (C=O) groups is 1. The van der Waals surface area contributed by atoms with Crippen LogP contribution in [0.4, 0.5) is 5.88 Å². The van der Waals surface area contributed by atoms with E-state index in [1.807, 2.05) is 37.8 Å². The molecule has 1 N–H and O–H groups in total. The fraction of sp³-hybridized carbons (Fsp3) is 0.588. The lowest BCUT2D eigenvalue weighted by atomic mass is 10.1. The zero-order valence-corrected chi connectivity index (χ0v) is 14.9. The number of morpholine rings is 1. The average molecular weight is 347 g/mol. The molecular formula is C17H25N5O3. The van der Waals surface area contributed by atoms with Crippen molar-refractivity contribution in [1.82, 2.24) is 19.8 Å². The second-order valence-corrected chi connectivity index (χ2v) is 6.79. The van der Waals surface area contributed by atoms with Crippen molar-refractivity contribution in [3.05, 3.63) is 29.7 Å². The van der Waals surface area contributed by atoms with Crippen molar-refractivity contribution in [2.75, 3.05) is 31.6 Å². The van der Waals surface area contributed by atoms with Gasteiger partial charge in [-0.3, -0.25) is 19.7 Å². The molecule has 0 unspecified atom stereocenters. The average Bonchev–Trinajstić information content (AvgIpc) is 3.17. The minimum absolute atomic E-state index is 0.0265. The van der Waals surface area contributed by atoms with Crippen LogP contribution >= 0.6 is 0 Å². The highest BCUT2D eigenvalue weighted by molar-refractivity contribution is 5.90. The van der Waals surface area contributed by atoms with Crippen LogP contribution in [0, 0.1) is 6.92 Å². The first-order valence-electron chi connectivity index (χ1n) is 8.59. The van der Waals surface area contributed by atoms with Gasteiger partial charge in [0.25, 0.3) is 0 Å². The first-order valence-corrected chi connectivity index (χ1v) is 8.59. The number of aromatic nitrogens is 3. The second kappa shape index (κ2) is 7.79. The van der Waals surface area contributed by atoms with Crippen molar-refractivity contribution in [2.45, 2.75) is 39.3 Å². The Bertz CT molecular complexity index is 709. The van der Waals surface area contributed by atoms with E-state index in [-0.39, 0.29) is 17.9 Å². The number of hydrogen-bond acceptors (Lipinski definition) is 6. The highest BCUT2D eigenvalue weighted by Crippen LogP contribution is 2.17. The lowest BCUT2D eigenvalue weighted by Gasteiger charge is -2.32. The topological polar surface area (TPSA) is 85.4 Å². The number of carbonyl (C=O) groups excluding carboxylic acids is 1. The maximum Gasteiger partial charge on any atom is 0.240 e. The molecule has 136 valence electrons. The van der Waals surface area contributed by atoms with E-state index < -0.39 is 0 Å². The molecule has 3 rings (SSSR count). The predicted octanol–water partition coefficient (Wildman–Crippen LogP) is 1.64. The number of anilines is 1. The largest absolute Gasteiger partial charge is 0.374 e. The lowest BCUT2D eigenvalue weighted by molar-refractivity contribution is -0.119. The molecule has 8 heteroatoms. The minimum Gasteiger partial charge on any atom is -0.374 e. The van der Waals surface area contributed by atoms with Crippen LogP contribution in [0.1, 0.15) is 31.0 Å². The number of nitrogens with zero attached hydrogens (tertiary/aromatic N) is 4. The summed E-state index contributed by atoms with van der Waals surface area (Å²) in [4.78, 5) is 14.3. The van der Waals surface area contributed by atoms with Crippen molar-refractivity contribution in [3.8, 4) is 0 Å². The Morgan fingerprint density at radius 1 is 1.48 bits per heavy atom. The molecular weight excluding hydrogens is 322 g/mol. The zero-order chi connectivity index (χ0) is 17.8. The minimum atomic E-state index is -0.109. The van der Waals surface area contributed by atoms with Crippen LogP contribution in [0.3, 0.4) is 0 Å². The number of amides is 1. The first-order chi connectivity index (χ1) is 12.0. The van der Waals surface area contributed by atoms with Gasteiger partial charge in [-0.15, -0.1) is 0 Å². The Morgan fingerprint density at radius 3 is 3.00 bits per heavy atom. The quantitative estimate of drug-likeness (QED) is 0.855. The van der Waals surface area contributed by atoms with Crippen LogP contribution < -0.4 is 5.32 Å². The summed E-state index contributed by atoms with van der Waals surface area (Å²) in [5.41, 5.74) is 1.95. The van der Waals surface area contributed by atoms with Gasteiger partial charge in [-0.05, 0) is 18.4 Å². The van der Waals surface area contributed by atoms with Gasteiger partial charge in [0.15, 0.2) is 0 Å². The molecule has 0 spiro atoms. The van der Waals surface area contributed by atoms with Crippen LogP contribution in [-0.4, -0.2) is 58.1 Å². The molecule has 8 nitrogen and oxygen atoms in total. The van der Waals surface area contributed by atoms with Crippen LogP contribution in [0.25, 0.3) is 0 Å². The molecule has 1 aliphatic heterocycles. The molecule has 0 saturated carbocycles. The van der Waals surface area contributed by atoms with Crippen LogP contribution in [0.5, 0.6) is 0 Å². The summed E-state index contributed by atoms with van der Waals surface area (Å²) in [5.74, 6) is 0.549. The third-order valence-corrected chi connectivity index (χ3v) is 4.13. The Hall–Kier alpha value is -2.19. The molecule has 1 aliphatic rings. The summed E-state index contributed by atoms with van der Waals surface area (Å²) in [6.45, 7) is 9.09. The Morgan fingerprint density at radius 2 is 2.32 bits per heavy atom. The number of aryl methyl sites for hydroxylation is 1. The molecule has 0 aliphatic carbocycles. The maximum atomic E-state index is 12.2. The smallest absolute Gasteiger partial charge is 0.240 e. The van der Waals surface area contributed by atoms with Gasteiger partial charge in [-0.25, -0.2) is 0 Å². The van der Waals surface area contributed by atoms with Gasteiger partial charge in [0, 0.05) is 25.4 Å². The van der Waals surface area contributed by atoms with E-state index in [1.165, 1.54) is 0 Å². The molecule has 0 aromatic carbocycles. The number of rotatable bonds is 6. The SMILES string of the molecule is Cc1cnn(C[C@H]2CN(CC(=O)Nc3cc(C(C)C)no3)CCO2)c1. The summed E-state index contributed by atoms with van der Waals surface area (Å²) < 4.78 is 12.8. The highest BCUT2D eigenvalue weighted by atomic mass is 16.5. The van der Waals surface area contributed by atoms with E-state index in [0.717, 1.165) is 17.8 Å². The van der Waals surface area contributed by atoms with Gasteiger partial charge >= 0.3 is 0 Å². The van der Waals surface area contributed by atoms with E-state index in [9.17, 15) is 4.79 Å². The third-order valence-electron chi connectivity index (χ3n) is 4.13. The lowest BCUT2D eigenvalue weighted by Crippen LogP contribution is -2.47. The third kappa shape index (κ3) is 4.90. The molecule has 2 aromatic rings. The second-order valence-electron chi connectivity index (χ2n) is 6.79. The molecule has 0 radical (unpaired) electrons. The van der Waals surface area contributed by atoms with Gasteiger partial charge < -0.3 is 9.26 Å². The van der Waals surface area contributed by atoms with Gasteiger partial charge in [-0.2, -0.15) is 5.10 Å². The summed E-state index contributed by atoms with van der Waals surface area (Å²) in [5, 5.41) is 11.0. The van der Waals surface area contributed by atoms with Crippen LogP contribution in [0.15, 0.2) is 23.0 Å². The molecule has 3 heterocycles. The number of hydrogen-bond donors (Lipinski definition) is 1. The summed E-state index contributed by atoms with van der Waals surface area (Å²) in [7, 11) is 0. The van der Waals surface area contributed by atoms with Crippen LogP contribution in [-0.2, 0) is 16.1 Å². The van der Waals surface area contributed by atoms with Crippen molar-refractivity contribution >= 4 is 11.8 Å². The molecule has 0 bridgehead atoms. The maximum absolute atomic E-state index is 12.2. The van der Waals surface area contributed by atoms with Gasteiger partial charge in [-0.1, -0.05) is 19.0 Å². The van der Waals surface area contributed by atoms with E-state index in [1.54, 1.807) is 6.07 Å². The molecule has 25 heavy (non-hydrogen) atoms. The van der Waals surface area contributed by atoms with Gasteiger partial charge in [0.1, 0.15) is 0 Å². The molecule has 1 saturated heterocycles. The standard InChI is InChI=1S/C17H25N5O3/c1-12(2)15-6-17(25-20-15)19-16(23)11-21-4-5-24-14(9-21)10-22-8-13(3)7-18-22/h6-8,12,14H,4-5,9-11H2,1-3H3,(H,19,23)/t14-/m1/s1. The summed E-state index contributed by atoms with van der Waals surface area (Å²) >= 11 is 0. The van der Waals surface area contributed by atoms with Crippen molar-refractivity contribution in [1.29, 1.82) is 0 Å². The Balaban J connectivity index is 1.48. The Kier molecular flexibility index (Phi) is 5.50. The summed E-state index contributed by atoms with van der Waals surface area (Å²) in [6.07, 6.45) is 3.85. The Labute approximate surface area is 147 Å². The van der Waals surface area contributed by atoms with Crippen molar-refractivity contribution < 1.29 is 14.1 Å². The van der Waals surface area contributed by atoms with E-state index >= 15 is 0 Å². The molecule has 1 atom stereocenters. The van der Waals surface area contributed by atoms with E-state index in [4.69, 9.17) is 9.26 Å². The molecule has 2 aromatic heterocycles. The fourth-order valence-electron chi connectivity index (χ4n) is 2.81. The zero-order valence-electron chi connectivity index (χ0n) is 14.9. The highest BCUT2D eigenvalue weighted by Gasteiger charge is 2.23. The van der Waals surface area contributed by atoms with E-state index in [2.05, 4.69) is 20.5 Å². The fourth-order valence-corrected chi connectivity index (χ4v) is 2.81. The predicted molar refractivity (Wildman–Crippen MR) is 92.4 cm³/mol. The number of nitrogens with one attached hydrogen (secondary N) is 1. The molecule has 1 amide bonds. The molecule has 1 fully saturated rings. The van der Waals surface area contributed by atoms with Crippen LogP contribution in [0.2, 0.25) is 0 Å². The van der Waals surface area contributed by atoms with E-state index in [0.29, 0.717) is 32.1 Å². The van der Waals surface area contributed by atoms with Gasteiger partial charge in [0.05, 0.1) is 37.7 Å². The number of ether oxygens (including phenoxy) is 1. The summed E-state index contributed by atoms with van der Waals surface area (Å²) in [6, 6.07) is 1.77. The monoisotopic (exact) mass is 347 g/mol. The first kappa shape index (κ1) is 17.6. The normalized spacial score (nSPS) is 18.6. The van der Waals surface area contributed by atoms with Crippen molar-refractivity contribution in [3.63, 3.8) is 0 Å². The van der Waals surface area contributed by atoms with Crippen molar-refractivity contribution in [2.24, 2.45) is 0 Å².